The van der Waals surface area contributed by atoms with Crippen LogP contribution in [-0.4, -0.2) is 44.9 Å². The van der Waals surface area contributed by atoms with Crippen LogP contribution in [0.1, 0.15) is 6.42 Å². The molecule has 116 valence electrons. The van der Waals surface area contributed by atoms with Crippen LogP contribution in [0.2, 0.25) is 0 Å². The first-order valence-electron chi connectivity index (χ1n) is 6.52. The summed E-state index contributed by atoms with van der Waals surface area (Å²) in [5.41, 5.74) is 5.00. The molecule has 1 fully saturated rings. The Balaban J connectivity index is 2.12. The molecule has 3 N–H and O–H groups in total. The molecular weight excluding hydrogens is 296 g/mol. The largest absolute Gasteiger partial charge is 0.393 e. The predicted molar refractivity (Wildman–Crippen MR) is 78.3 cm³/mol. The molecule has 1 aliphatic heterocycles. The van der Waals surface area contributed by atoms with E-state index in [1.54, 1.807) is 0 Å². The molecule has 0 radical (unpaired) electrons. The molecule has 1 saturated heterocycles. The van der Waals surface area contributed by atoms with Gasteiger partial charge < -0.3 is 10.6 Å². The van der Waals surface area contributed by atoms with Gasteiger partial charge in [0.2, 0.25) is 10.0 Å². The van der Waals surface area contributed by atoms with Gasteiger partial charge in [0.15, 0.2) is 0 Å². The second-order valence-electron chi connectivity index (χ2n) is 5.25. The van der Waals surface area contributed by atoms with Gasteiger partial charge in [-0.3, -0.25) is 10.1 Å². The molecule has 21 heavy (non-hydrogen) atoms. The fourth-order valence-corrected chi connectivity index (χ4v) is 3.49. The lowest BCUT2D eigenvalue weighted by molar-refractivity contribution is -0.384. The van der Waals surface area contributed by atoms with Crippen molar-refractivity contribution in [1.82, 2.24) is 9.62 Å². The van der Waals surface area contributed by atoms with Gasteiger partial charge in [0.1, 0.15) is 5.69 Å². The van der Waals surface area contributed by atoms with Crippen molar-refractivity contribution in [3.63, 3.8) is 0 Å². The van der Waals surface area contributed by atoms with Gasteiger partial charge in [-0.05, 0) is 38.1 Å². The third-order valence-corrected chi connectivity index (χ3v) is 4.98. The van der Waals surface area contributed by atoms with E-state index in [2.05, 4.69) is 9.62 Å². The van der Waals surface area contributed by atoms with Crippen molar-refractivity contribution < 1.29 is 13.3 Å². The number of likely N-dealkylation sites (tertiary alicyclic amines) is 1. The van der Waals surface area contributed by atoms with Crippen LogP contribution in [0.25, 0.3) is 0 Å². The van der Waals surface area contributed by atoms with Gasteiger partial charge in [-0.25, -0.2) is 13.1 Å². The van der Waals surface area contributed by atoms with E-state index in [-0.39, 0.29) is 16.5 Å². The van der Waals surface area contributed by atoms with Gasteiger partial charge in [-0.15, -0.1) is 0 Å². The molecule has 0 spiro atoms. The van der Waals surface area contributed by atoms with Crippen LogP contribution in [-0.2, 0) is 10.0 Å². The minimum atomic E-state index is -3.77. The van der Waals surface area contributed by atoms with Crippen LogP contribution in [0.5, 0.6) is 0 Å². The highest BCUT2D eigenvalue weighted by molar-refractivity contribution is 7.89. The Morgan fingerprint density at radius 1 is 1.52 bits per heavy atom. The molecule has 1 aromatic carbocycles. The van der Waals surface area contributed by atoms with E-state index in [4.69, 9.17) is 5.73 Å². The van der Waals surface area contributed by atoms with Gasteiger partial charge in [0, 0.05) is 19.2 Å². The number of hydrogen-bond acceptors (Lipinski definition) is 6. The lowest BCUT2D eigenvalue weighted by atomic mass is 10.1. The second-order valence-corrected chi connectivity index (χ2v) is 7.01. The Bertz CT molecular complexity index is 647. The number of sulfonamides is 1. The van der Waals surface area contributed by atoms with E-state index in [9.17, 15) is 18.5 Å². The molecule has 0 aromatic heterocycles. The van der Waals surface area contributed by atoms with Crippen LogP contribution in [0, 0.1) is 16.0 Å². The van der Waals surface area contributed by atoms with Gasteiger partial charge >= 0.3 is 0 Å². The zero-order valence-electron chi connectivity index (χ0n) is 11.7. The first-order chi connectivity index (χ1) is 9.79. The molecule has 0 saturated carbocycles. The quantitative estimate of drug-likeness (QED) is 0.461. The number of nitrogen functional groups attached to an aromatic ring is 1. The van der Waals surface area contributed by atoms with E-state index >= 15 is 0 Å². The second kappa shape index (κ2) is 5.96. The Morgan fingerprint density at radius 2 is 2.24 bits per heavy atom. The van der Waals surface area contributed by atoms with E-state index in [1.807, 2.05) is 7.05 Å². The van der Waals surface area contributed by atoms with E-state index < -0.39 is 20.6 Å². The molecule has 0 bridgehead atoms. The van der Waals surface area contributed by atoms with Crippen LogP contribution in [0.3, 0.4) is 0 Å². The Kier molecular flexibility index (Phi) is 4.45. The SMILES string of the molecule is CN1CCC(CNS(=O)(=O)c2ccc(N)c([N+](=O)[O-])c2)C1. The highest BCUT2D eigenvalue weighted by atomic mass is 32.2. The molecule has 0 aliphatic carbocycles. The van der Waals surface area contributed by atoms with Crippen LogP contribution in [0.4, 0.5) is 11.4 Å². The van der Waals surface area contributed by atoms with Crippen molar-refractivity contribution in [1.29, 1.82) is 0 Å². The molecular formula is C12H18N4O4S. The normalized spacial score (nSPS) is 19.8. The van der Waals surface area contributed by atoms with Crippen LogP contribution >= 0.6 is 0 Å². The first-order valence-corrected chi connectivity index (χ1v) is 8.00. The van der Waals surface area contributed by atoms with Crippen molar-refractivity contribution in [2.24, 2.45) is 5.92 Å². The summed E-state index contributed by atoms with van der Waals surface area (Å²) >= 11 is 0. The topological polar surface area (TPSA) is 119 Å². The van der Waals surface area contributed by atoms with Gasteiger partial charge in [0.25, 0.3) is 5.69 Å². The molecule has 1 unspecified atom stereocenters. The molecule has 9 heteroatoms. The third kappa shape index (κ3) is 3.69. The summed E-state index contributed by atoms with van der Waals surface area (Å²) in [6.07, 6.45) is 0.931. The summed E-state index contributed by atoms with van der Waals surface area (Å²) in [4.78, 5) is 12.1. The number of anilines is 1. The molecule has 1 heterocycles. The van der Waals surface area contributed by atoms with Crippen LogP contribution < -0.4 is 10.5 Å². The Labute approximate surface area is 123 Å². The third-order valence-electron chi connectivity index (χ3n) is 3.56. The standard InChI is InChI=1S/C12H18N4O4S/c1-15-5-4-9(8-15)7-14-21(19,20)10-2-3-11(13)12(6-10)16(17)18/h2-3,6,9,14H,4-5,7-8,13H2,1H3. The molecule has 1 aromatic rings. The zero-order valence-corrected chi connectivity index (χ0v) is 12.5. The summed E-state index contributed by atoms with van der Waals surface area (Å²) in [5, 5.41) is 10.8. The van der Waals surface area contributed by atoms with Crippen molar-refractivity contribution >= 4 is 21.4 Å². The number of nitrogens with one attached hydrogen (secondary N) is 1. The van der Waals surface area contributed by atoms with E-state index in [1.165, 1.54) is 12.1 Å². The summed E-state index contributed by atoms with van der Waals surface area (Å²) in [6.45, 7) is 2.11. The molecule has 1 aliphatic rings. The van der Waals surface area contributed by atoms with E-state index in [0.29, 0.717) is 6.54 Å². The minimum absolute atomic E-state index is 0.0589. The smallest absolute Gasteiger partial charge is 0.293 e. The summed E-state index contributed by atoms with van der Waals surface area (Å²) in [6, 6.07) is 3.49. The summed E-state index contributed by atoms with van der Waals surface area (Å²) < 4.78 is 26.8. The van der Waals surface area contributed by atoms with Gasteiger partial charge in [-0.2, -0.15) is 0 Å². The van der Waals surface area contributed by atoms with Crippen molar-refractivity contribution in [3.05, 3.63) is 28.3 Å². The van der Waals surface area contributed by atoms with Crippen molar-refractivity contribution in [3.8, 4) is 0 Å². The monoisotopic (exact) mass is 314 g/mol. The summed E-state index contributed by atoms with van der Waals surface area (Å²) in [7, 11) is -1.78. The molecule has 2 rings (SSSR count). The number of hydrogen-bond donors (Lipinski definition) is 2. The van der Waals surface area contributed by atoms with Crippen LogP contribution in [0.15, 0.2) is 23.1 Å². The maximum Gasteiger partial charge on any atom is 0.293 e. The number of nitrogens with zero attached hydrogens (tertiary/aromatic N) is 2. The molecule has 0 amide bonds. The average Bonchev–Trinajstić information content (AvgIpc) is 2.82. The number of benzene rings is 1. The Hall–Kier alpha value is -1.71. The maximum atomic E-state index is 12.2. The van der Waals surface area contributed by atoms with Crippen molar-refractivity contribution in [2.45, 2.75) is 11.3 Å². The maximum absolute atomic E-state index is 12.2. The zero-order chi connectivity index (χ0) is 15.6. The number of nitro groups is 1. The number of nitrogens with two attached hydrogens (primary N) is 1. The van der Waals surface area contributed by atoms with Gasteiger partial charge in [-0.1, -0.05) is 0 Å². The summed E-state index contributed by atoms with van der Waals surface area (Å²) in [5.74, 6) is 0.258. The van der Waals surface area contributed by atoms with Gasteiger partial charge in [0.05, 0.1) is 9.82 Å². The lowest BCUT2D eigenvalue weighted by Crippen LogP contribution is -2.30. The molecule has 8 nitrogen and oxygen atoms in total. The average molecular weight is 314 g/mol. The predicted octanol–water partition coefficient (Wildman–Crippen LogP) is 0.407. The van der Waals surface area contributed by atoms with Crippen molar-refractivity contribution in [2.75, 3.05) is 32.4 Å². The number of nitro benzene ring substituents is 1. The first kappa shape index (κ1) is 15.7. The highest BCUT2D eigenvalue weighted by Crippen LogP contribution is 2.25. The fourth-order valence-electron chi connectivity index (χ4n) is 2.35. The number of rotatable bonds is 5. The lowest BCUT2D eigenvalue weighted by Gasteiger charge is -2.12. The van der Waals surface area contributed by atoms with E-state index in [0.717, 1.165) is 25.6 Å². The highest BCUT2D eigenvalue weighted by Gasteiger charge is 2.24. The Morgan fingerprint density at radius 3 is 2.81 bits per heavy atom. The fraction of sp³-hybridized carbons (Fsp3) is 0.500. The minimum Gasteiger partial charge on any atom is -0.393 e. The molecule has 1 atom stereocenters.